The van der Waals surface area contributed by atoms with Crippen molar-refractivity contribution in [3.63, 3.8) is 0 Å². The van der Waals surface area contributed by atoms with Crippen molar-refractivity contribution in [2.75, 3.05) is 6.54 Å². The topological polar surface area (TPSA) is 68.8 Å². The molecule has 0 aromatic carbocycles. The Morgan fingerprint density at radius 3 is 2.83 bits per heavy atom. The molecule has 3 rings (SSSR count). The molecular weight excluding hydrogens is 292 g/mol. The summed E-state index contributed by atoms with van der Waals surface area (Å²) in [6.07, 6.45) is 9.05. The number of aromatic nitrogens is 5. The van der Waals surface area contributed by atoms with Crippen molar-refractivity contribution in [3.8, 4) is 0 Å². The van der Waals surface area contributed by atoms with E-state index in [2.05, 4.69) is 15.2 Å². The number of likely N-dealkylation sites (tertiary alicyclic amines) is 1. The summed E-state index contributed by atoms with van der Waals surface area (Å²) in [7, 11) is 0. The van der Waals surface area contributed by atoms with E-state index in [1.54, 1.807) is 11.0 Å². The van der Waals surface area contributed by atoms with Crippen LogP contribution in [0.2, 0.25) is 0 Å². The number of carbonyl (C=O) groups excluding carboxylic acids is 1. The Labute approximate surface area is 136 Å². The molecule has 0 unspecified atom stereocenters. The first-order valence-electron chi connectivity index (χ1n) is 8.20. The van der Waals surface area contributed by atoms with Gasteiger partial charge in [0.2, 0.25) is 5.91 Å². The van der Waals surface area contributed by atoms with Crippen LogP contribution in [0.1, 0.15) is 38.3 Å². The van der Waals surface area contributed by atoms with E-state index in [4.69, 9.17) is 0 Å². The van der Waals surface area contributed by atoms with Gasteiger partial charge in [-0.2, -0.15) is 10.2 Å². The lowest BCUT2D eigenvalue weighted by Crippen LogP contribution is -2.44. The van der Waals surface area contributed by atoms with Crippen LogP contribution in [-0.4, -0.2) is 47.9 Å². The smallest absolute Gasteiger partial charge is 0.248 e. The summed E-state index contributed by atoms with van der Waals surface area (Å²) in [5.41, 5.74) is 1.14. The van der Waals surface area contributed by atoms with Crippen LogP contribution in [0.4, 0.5) is 0 Å². The molecule has 0 bridgehead atoms. The minimum absolute atomic E-state index is 0.136. The Morgan fingerprint density at radius 1 is 1.39 bits per heavy atom. The van der Waals surface area contributed by atoms with Crippen LogP contribution in [-0.2, 0) is 11.3 Å². The molecule has 23 heavy (non-hydrogen) atoms. The second-order valence-electron chi connectivity index (χ2n) is 6.63. The first-order chi connectivity index (χ1) is 11.1. The van der Waals surface area contributed by atoms with E-state index in [0.29, 0.717) is 0 Å². The molecule has 0 spiro atoms. The molecule has 2 aromatic heterocycles. The average molecular weight is 316 g/mol. The van der Waals surface area contributed by atoms with E-state index in [1.165, 1.54) is 6.33 Å². The highest BCUT2D eigenvalue weighted by atomic mass is 16.2. The van der Waals surface area contributed by atoms with Crippen molar-refractivity contribution in [1.29, 1.82) is 0 Å². The van der Waals surface area contributed by atoms with E-state index < -0.39 is 0 Å². The number of hydrogen-bond donors (Lipinski definition) is 0. The fourth-order valence-corrected chi connectivity index (χ4v) is 3.33. The number of nitrogens with zero attached hydrogens (tertiary/aromatic N) is 6. The Balaban J connectivity index is 1.76. The normalized spacial score (nSPS) is 19.5. The average Bonchev–Trinajstić information content (AvgIpc) is 3.21. The molecule has 7 heteroatoms. The molecule has 1 amide bonds. The van der Waals surface area contributed by atoms with Crippen LogP contribution in [0.3, 0.4) is 0 Å². The van der Waals surface area contributed by atoms with Crippen molar-refractivity contribution >= 4 is 5.91 Å². The number of carbonyl (C=O) groups is 1. The van der Waals surface area contributed by atoms with Crippen LogP contribution < -0.4 is 0 Å². The van der Waals surface area contributed by atoms with Crippen LogP contribution in [0, 0.1) is 12.8 Å². The molecule has 3 heterocycles. The number of amides is 1. The van der Waals surface area contributed by atoms with E-state index in [-0.39, 0.29) is 23.9 Å². The van der Waals surface area contributed by atoms with Gasteiger partial charge in [0, 0.05) is 12.7 Å². The van der Waals surface area contributed by atoms with E-state index in [1.807, 2.05) is 42.7 Å². The van der Waals surface area contributed by atoms with Crippen molar-refractivity contribution in [2.24, 2.45) is 5.92 Å². The standard InChI is InChI=1S/C16H24N6O/c1-12(2)15(22-11-17-10-19-22)16(23)21-6-4-5-14(21)9-20-8-13(3)7-18-20/h7-8,10-12,14-15H,4-6,9H2,1-3H3/t14-,15-/m0/s1. The fourth-order valence-electron chi connectivity index (χ4n) is 3.33. The fraction of sp³-hybridized carbons (Fsp3) is 0.625. The summed E-state index contributed by atoms with van der Waals surface area (Å²) in [6.45, 7) is 7.68. The zero-order chi connectivity index (χ0) is 16.4. The summed E-state index contributed by atoms with van der Waals surface area (Å²) in [5, 5.41) is 8.54. The highest BCUT2D eigenvalue weighted by Crippen LogP contribution is 2.26. The first-order valence-corrected chi connectivity index (χ1v) is 8.20. The maximum absolute atomic E-state index is 13.1. The lowest BCUT2D eigenvalue weighted by molar-refractivity contribution is -0.137. The molecule has 1 fully saturated rings. The largest absolute Gasteiger partial charge is 0.336 e. The van der Waals surface area contributed by atoms with Crippen molar-refractivity contribution in [3.05, 3.63) is 30.6 Å². The molecule has 0 radical (unpaired) electrons. The third-order valence-corrected chi connectivity index (χ3v) is 4.43. The van der Waals surface area contributed by atoms with E-state index >= 15 is 0 Å². The summed E-state index contributed by atoms with van der Waals surface area (Å²) in [5.74, 6) is 0.300. The zero-order valence-electron chi connectivity index (χ0n) is 14.0. The molecule has 2 atom stereocenters. The minimum Gasteiger partial charge on any atom is -0.336 e. The maximum atomic E-state index is 13.1. The number of hydrogen-bond acceptors (Lipinski definition) is 4. The summed E-state index contributed by atoms with van der Waals surface area (Å²) in [6, 6.07) is -0.0935. The maximum Gasteiger partial charge on any atom is 0.248 e. The van der Waals surface area contributed by atoms with Crippen molar-refractivity contribution < 1.29 is 4.79 Å². The quantitative estimate of drug-likeness (QED) is 0.841. The van der Waals surface area contributed by atoms with Gasteiger partial charge in [-0.25, -0.2) is 9.67 Å². The predicted molar refractivity (Wildman–Crippen MR) is 85.6 cm³/mol. The molecule has 0 N–H and O–H groups in total. The van der Waals surface area contributed by atoms with Crippen LogP contribution in [0.25, 0.3) is 0 Å². The SMILES string of the molecule is Cc1cnn(C[C@@H]2CCCN2C(=O)[C@H](C(C)C)n2cncn2)c1. The van der Waals surface area contributed by atoms with Gasteiger partial charge in [0.15, 0.2) is 0 Å². The van der Waals surface area contributed by atoms with Gasteiger partial charge in [-0.3, -0.25) is 9.48 Å². The van der Waals surface area contributed by atoms with Crippen LogP contribution in [0.5, 0.6) is 0 Å². The lowest BCUT2D eigenvalue weighted by Gasteiger charge is -2.30. The molecule has 2 aromatic rings. The third kappa shape index (κ3) is 3.28. The summed E-state index contributed by atoms with van der Waals surface area (Å²) >= 11 is 0. The highest BCUT2D eigenvalue weighted by molar-refractivity contribution is 5.81. The molecule has 0 saturated carbocycles. The monoisotopic (exact) mass is 316 g/mol. The zero-order valence-corrected chi connectivity index (χ0v) is 14.0. The molecule has 7 nitrogen and oxygen atoms in total. The van der Waals surface area contributed by atoms with Gasteiger partial charge < -0.3 is 4.90 Å². The Morgan fingerprint density at radius 2 is 2.22 bits per heavy atom. The predicted octanol–water partition coefficient (Wildman–Crippen LogP) is 1.67. The van der Waals surface area contributed by atoms with E-state index in [0.717, 1.165) is 31.5 Å². The molecule has 1 aliphatic rings. The Bertz CT molecular complexity index is 647. The highest BCUT2D eigenvalue weighted by Gasteiger charge is 2.36. The second-order valence-corrected chi connectivity index (χ2v) is 6.63. The lowest BCUT2D eigenvalue weighted by atomic mass is 10.0. The Hall–Kier alpha value is -2.18. The number of rotatable bonds is 5. The van der Waals surface area contributed by atoms with Crippen LogP contribution >= 0.6 is 0 Å². The molecule has 1 saturated heterocycles. The molecule has 1 aliphatic heterocycles. The van der Waals surface area contributed by atoms with Gasteiger partial charge in [0.05, 0.1) is 18.8 Å². The summed E-state index contributed by atoms with van der Waals surface area (Å²) in [4.78, 5) is 19.1. The van der Waals surface area contributed by atoms with Gasteiger partial charge in [0.1, 0.15) is 18.7 Å². The van der Waals surface area contributed by atoms with Gasteiger partial charge >= 0.3 is 0 Å². The van der Waals surface area contributed by atoms with Crippen molar-refractivity contribution in [2.45, 2.75) is 52.2 Å². The third-order valence-electron chi connectivity index (χ3n) is 4.43. The van der Waals surface area contributed by atoms with E-state index in [9.17, 15) is 4.79 Å². The molecule has 0 aliphatic carbocycles. The second kappa shape index (κ2) is 6.52. The van der Waals surface area contributed by atoms with Gasteiger partial charge in [-0.15, -0.1) is 0 Å². The number of aryl methyl sites for hydroxylation is 1. The Kier molecular flexibility index (Phi) is 4.45. The first kappa shape index (κ1) is 15.7. The summed E-state index contributed by atoms with van der Waals surface area (Å²) < 4.78 is 3.62. The minimum atomic E-state index is -0.294. The van der Waals surface area contributed by atoms with Gasteiger partial charge in [-0.1, -0.05) is 13.8 Å². The van der Waals surface area contributed by atoms with Crippen molar-refractivity contribution in [1.82, 2.24) is 29.4 Å². The molecule has 124 valence electrons. The molecular formula is C16H24N6O. The van der Waals surface area contributed by atoms with Gasteiger partial charge in [0.25, 0.3) is 0 Å². The van der Waals surface area contributed by atoms with Gasteiger partial charge in [-0.05, 0) is 31.2 Å². The van der Waals surface area contributed by atoms with Crippen LogP contribution in [0.15, 0.2) is 25.0 Å².